The predicted molar refractivity (Wildman–Crippen MR) is 69.7 cm³/mol. The minimum Gasteiger partial charge on any atom is -0.238 e. The maximum Gasteiger partial charge on any atom is 0.103 e. The van der Waals surface area contributed by atoms with E-state index in [2.05, 4.69) is 39.4 Å². The Labute approximate surface area is 107 Å². The highest BCUT2D eigenvalue weighted by Gasteiger charge is 2.08. The number of hydrogen-bond acceptors (Lipinski definition) is 3. The van der Waals surface area contributed by atoms with Crippen molar-refractivity contribution in [1.29, 1.82) is 5.26 Å². The minimum atomic E-state index is 0.600. The zero-order chi connectivity index (χ0) is 11.5. The van der Waals surface area contributed by atoms with Gasteiger partial charge in [-0.1, -0.05) is 0 Å². The van der Waals surface area contributed by atoms with Crippen molar-refractivity contribution in [3.05, 3.63) is 34.1 Å². The second kappa shape index (κ2) is 4.89. The first-order valence-corrected chi connectivity index (χ1v) is 6.99. The summed E-state index contributed by atoms with van der Waals surface area (Å²) in [4.78, 5) is 0. The fourth-order valence-electron chi connectivity index (χ4n) is 1.56. The smallest absolute Gasteiger partial charge is 0.103 e. The lowest BCUT2D eigenvalue weighted by Crippen LogP contribution is -1.95. The zero-order valence-electron chi connectivity index (χ0n) is 8.77. The van der Waals surface area contributed by atoms with E-state index in [0.29, 0.717) is 5.56 Å². The van der Waals surface area contributed by atoms with Gasteiger partial charge in [0.15, 0.2) is 0 Å². The number of pyridine rings is 1. The summed E-state index contributed by atoms with van der Waals surface area (Å²) in [6.45, 7) is 0. The van der Waals surface area contributed by atoms with Crippen LogP contribution in [0, 0.1) is 11.3 Å². The molecule has 5 heteroatoms. The Morgan fingerprint density at radius 1 is 1.62 bits per heavy atom. The summed E-state index contributed by atoms with van der Waals surface area (Å²) in [5.74, 6) is 1.09. The monoisotopic (exact) mass is 295 g/mol. The van der Waals surface area contributed by atoms with Gasteiger partial charge in [-0.05, 0) is 46.0 Å². The lowest BCUT2D eigenvalue weighted by molar-refractivity contribution is 0.934. The summed E-state index contributed by atoms with van der Waals surface area (Å²) in [6.07, 6.45) is 6.68. The van der Waals surface area contributed by atoms with Gasteiger partial charge < -0.3 is 0 Å². The third-order valence-corrected chi connectivity index (χ3v) is 3.55. The Bertz CT molecular complexity index is 556. The van der Waals surface area contributed by atoms with E-state index in [-0.39, 0.29) is 0 Å². The molecule has 0 fully saturated rings. The van der Waals surface area contributed by atoms with Crippen molar-refractivity contribution < 1.29 is 0 Å². The van der Waals surface area contributed by atoms with E-state index in [0.717, 1.165) is 22.2 Å². The molecule has 0 amide bonds. The molecule has 0 spiro atoms. The standard InChI is InChI=1S/C11H10BrN3S/c1-16-3-2-8-4-10(12)11-9(5-13)6-14-15(11)7-8/h4,6-7H,2-3H2,1H3. The number of nitriles is 1. The van der Waals surface area contributed by atoms with Gasteiger partial charge in [-0.15, -0.1) is 0 Å². The van der Waals surface area contributed by atoms with Crippen LogP contribution in [0.5, 0.6) is 0 Å². The Balaban J connectivity index is 2.49. The molecule has 0 saturated heterocycles. The van der Waals surface area contributed by atoms with Crippen molar-refractivity contribution in [3.8, 4) is 6.07 Å². The minimum absolute atomic E-state index is 0.600. The van der Waals surface area contributed by atoms with E-state index in [4.69, 9.17) is 5.26 Å². The quantitative estimate of drug-likeness (QED) is 0.874. The summed E-state index contributed by atoms with van der Waals surface area (Å²) in [5, 5.41) is 13.1. The van der Waals surface area contributed by atoms with E-state index >= 15 is 0 Å². The van der Waals surface area contributed by atoms with Gasteiger partial charge in [0.05, 0.1) is 17.3 Å². The lowest BCUT2D eigenvalue weighted by Gasteiger charge is -2.03. The molecule has 0 unspecified atom stereocenters. The molecular weight excluding hydrogens is 286 g/mol. The highest BCUT2D eigenvalue weighted by molar-refractivity contribution is 9.10. The summed E-state index contributed by atoms with van der Waals surface area (Å²) in [6, 6.07) is 4.20. The summed E-state index contributed by atoms with van der Waals surface area (Å²) in [7, 11) is 0. The molecule has 0 radical (unpaired) electrons. The van der Waals surface area contributed by atoms with Gasteiger partial charge in [0.2, 0.25) is 0 Å². The van der Waals surface area contributed by atoms with Gasteiger partial charge in [-0.2, -0.15) is 22.1 Å². The van der Waals surface area contributed by atoms with Crippen LogP contribution in [0.1, 0.15) is 11.1 Å². The average molecular weight is 296 g/mol. The highest BCUT2D eigenvalue weighted by Crippen LogP contribution is 2.23. The number of thioether (sulfide) groups is 1. The second-order valence-corrected chi connectivity index (χ2v) is 5.24. The number of halogens is 1. The van der Waals surface area contributed by atoms with E-state index in [1.807, 2.05) is 18.0 Å². The fraction of sp³-hybridized carbons (Fsp3) is 0.273. The van der Waals surface area contributed by atoms with E-state index < -0.39 is 0 Å². The van der Waals surface area contributed by atoms with E-state index in [1.54, 1.807) is 10.7 Å². The summed E-state index contributed by atoms with van der Waals surface area (Å²) >= 11 is 5.31. The van der Waals surface area contributed by atoms with Gasteiger partial charge >= 0.3 is 0 Å². The third-order valence-electron chi connectivity index (χ3n) is 2.34. The van der Waals surface area contributed by atoms with Crippen LogP contribution in [0.2, 0.25) is 0 Å². The number of nitrogens with zero attached hydrogens (tertiary/aromatic N) is 3. The number of fused-ring (bicyclic) bond motifs is 1. The molecule has 2 aromatic heterocycles. The second-order valence-electron chi connectivity index (χ2n) is 3.40. The largest absolute Gasteiger partial charge is 0.238 e. The van der Waals surface area contributed by atoms with Crippen LogP contribution >= 0.6 is 27.7 Å². The Kier molecular flexibility index (Phi) is 3.52. The van der Waals surface area contributed by atoms with Gasteiger partial charge in [-0.25, -0.2) is 4.52 Å². The normalized spacial score (nSPS) is 10.6. The van der Waals surface area contributed by atoms with Crippen molar-refractivity contribution in [2.24, 2.45) is 0 Å². The Morgan fingerprint density at radius 3 is 3.12 bits per heavy atom. The summed E-state index contributed by atoms with van der Waals surface area (Å²) in [5.41, 5.74) is 2.67. The molecule has 0 N–H and O–H groups in total. The molecule has 16 heavy (non-hydrogen) atoms. The van der Waals surface area contributed by atoms with Crippen molar-refractivity contribution in [2.45, 2.75) is 6.42 Å². The van der Waals surface area contributed by atoms with Crippen LogP contribution in [-0.2, 0) is 6.42 Å². The first-order chi connectivity index (χ1) is 7.76. The van der Waals surface area contributed by atoms with Crippen LogP contribution in [0.3, 0.4) is 0 Å². The molecule has 0 aromatic carbocycles. The molecule has 3 nitrogen and oxygen atoms in total. The molecular formula is C11H10BrN3S. The van der Waals surface area contributed by atoms with Gasteiger partial charge in [0.1, 0.15) is 6.07 Å². The van der Waals surface area contributed by atoms with Crippen LogP contribution in [0.4, 0.5) is 0 Å². The van der Waals surface area contributed by atoms with Crippen molar-refractivity contribution in [2.75, 3.05) is 12.0 Å². The first kappa shape index (κ1) is 11.5. The number of hydrogen-bond donors (Lipinski definition) is 0. The average Bonchev–Trinajstić information content (AvgIpc) is 2.69. The van der Waals surface area contributed by atoms with Gasteiger partial charge in [0, 0.05) is 10.7 Å². The van der Waals surface area contributed by atoms with Crippen LogP contribution < -0.4 is 0 Å². The fourth-order valence-corrected chi connectivity index (χ4v) is 2.69. The Morgan fingerprint density at radius 2 is 2.44 bits per heavy atom. The molecule has 0 aliphatic carbocycles. The topological polar surface area (TPSA) is 41.1 Å². The number of rotatable bonds is 3. The molecule has 0 aliphatic rings. The SMILES string of the molecule is CSCCc1cc(Br)c2c(C#N)cnn2c1. The molecule has 2 heterocycles. The molecule has 0 saturated carbocycles. The van der Waals surface area contributed by atoms with Gasteiger partial charge in [0.25, 0.3) is 0 Å². The number of aryl methyl sites for hydroxylation is 1. The van der Waals surface area contributed by atoms with Crippen LogP contribution in [0.25, 0.3) is 5.52 Å². The van der Waals surface area contributed by atoms with Gasteiger partial charge in [-0.3, -0.25) is 0 Å². The number of aromatic nitrogens is 2. The Hall–Kier alpha value is -0.990. The first-order valence-electron chi connectivity index (χ1n) is 4.81. The molecule has 0 aliphatic heterocycles. The third kappa shape index (κ3) is 2.08. The van der Waals surface area contributed by atoms with Crippen LogP contribution in [0.15, 0.2) is 22.9 Å². The molecule has 2 aromatic rings. The lowest BCUT2D eigenvalue weighted by atomic mass is 10.2. The summed E-state index contributed by atoms with van der Waals surface area (Å²) < 4.78 is 2.69. The van der Waals surface area contributed by atoms with Crippen molar-refractivity contribution in [3.63, 3.8) is 0 Å². The predicted octanol–water partition coefficient (Wildman–Crippen LogP) is 2.87. The highest BCUT2D eigenvalue weighted by atomic mass is 79.9. The van der Waals surface area contributed by atoms with Crippen molar-refractivity contribution >= 4 is 33.2 Å². The maximum absolute atomic E-state index is 8.93. The molecule has 0 atom stereocenters. The maximum atomic E-state index is 8.93. The molecule has 82 valence electrons. The molecule has 2 rings (SSSR count). The van der Waals surface area contributed by atoms with E-state index in [1.165, 1.54) is 5.56 Å². The zero-order valence-corrected chi connectivity index (χ0v) is 11.2. The van der Waals surface area contributed by atoms with E-state index in [9.17, 15) is 0 Å². The molecule has 0 bridgehead atoms. The van der Waals surface area contributed by atoms with Crippen molar-refractivity contribution in [1.82, 2.24) is 9.61 Å². The van der Waals surface area contributed by atoms with Crippen LogP contribution in [-0.4, -0.2) is 21.6 Å².